The minimum Gasteiger partial charge on any atom is -0.310 e. The summed E-state index contributed by atoms with van der Waals surface area (Å²) in [6.45, 7) is 0.946. The summed E-state index contributed by atoms with van der Waals surface area (Å²) >= 11 is 0. The van der Waals surface area contributed by atoms with Gasteiger partial charge < -0.3 is 5.32 Å². The van der Waals surface area contributed by atoms with Crippen molar-refractivity contribution < 1.29 is 0 Å². The Morgan fingerprint density at radius 1 is 1.05 bits per heavy atom. The van der Waals surface area contributed by atoms with Gasteiger partial charge >= 0.3 is 0 Å². The van der Waals surface area contributed by atoms with Gasteiger partial charge in [0.2, 0.25) is 0 Å². The molecule has 0 radical (unpaired) electrons. The van der Waals surface area contributed by atoms with Crippen molar-refractivity contribution in [1.29, 1.82) is 0 Å². The molecule has 0 bridgehead atoms. The van der Waals surface area contributed by atoms with E-state index in [1.807, 2.05) is 0 Å². The van der Waals surface area contributed by atoms with E-state index in [4.69, 9.17) is 5.10 Å². The molecule has 2 aliphatic rings. The maximum Gasteiger partial charge on any atom is 0.0730 e. The number of rotatable bonds is 5. The lowest BCUT2D eigenvalue weighted by molar-refractivity contribution is 0.471. The molecule has 1 N–H and O–H groups in total. The highest BCUT2D eigenvalue weighted by Gasteiger charge is 2.25. The molecular weight excluding hydrogens is 258 g/mol. The van der Waals surface area contributed by atoms with Crippen LogP contribution in [-0.2, 0) is 6.54 Å². The Morgan fingerprint density at radius 2 is 1.81 bits per heavy atom. The van der Waals surface area contributed by atoms with E-state index in [0.717, 1.165) is 12.6 Å². The maximum atomic E-state index is 4.75. The van der Waals surface area contributed by atoms with E-state index in [2.05, 4.69) is 46.5 Å². The molecule has 21 heavy (non-hydrogen) atoms. The number of nitrogens with one attached hydrogen (secondary N) is 1. The van der Waals surface area contributed by atoms with Crippen molar-refractivity contribution in [1.82, 2.24) is 15.1 Å². The van der Waals surface area contributed by atoms with Gasteiger partial charge in [0.1, 0.15) is 0 Å². The van der Waals surface area contributed by atoms with Crippen molar-refractivity contribution in [2.24, 2.45) is 0 Å². The highest BCUT2D eigenvalue weighted by Crippen LogP contribution is 2.35. The Hall–Kier alpha value is -1.61. The van der Waals surface area contributed by atoms with Crippen molar-refractivity contribution >= 4 is 0 Å². The lowest BCUT2D eigenvalue weighted by Crippen LogP contribution is -2.16. The van der Waals surface area contributed by atoms with Gasteiger partial charge in [0.25, 0.3) is 0 Å². The van der Waals surface area contributed by atoms with Gasteiger partial charge in [-0.15, -0.1) is 0 Å². The van der Waals surface area contributed by atoms with E-state index in [1.54, 1.807) is 0 Å². The first-order valence-corrected chi connectivity index (χ1v) is 8.27. The van der Waals surface area contributed by atoms with Gasteiger partial charge in [-0.25, -0.2) is 0 Å². The zero-order chi connectivity index (χ0) is 14.1. The Morgan fingerprint density at radius 3 is 2.52 bits per heavy atom. The van der Waals surface area contributed by atoms with E-state index in [-0.39, 0.29) is 0 Å². The molecule has 0 saturated heterocycles. The van der Waals surface area contributed by atoms with Crippen LogP contribution in [0.1, 0.15) is 50.1 Å². The number of benzene rings is 1. The van der Waals surface area contributed by atoms with Gasteiger partial charge in [0, 0.05) is 23.7 Å². The van der Waals surface area contributed by atoms with Gasteiger partial charge in [0.05, 0.1) is 17.9 Å². The van der Waals surface area contributed by atoms with Crippen LogP contribution in [0, 0.1) is 0 Å². The van der Waals surface area contributed by atoms with Crippen LogP contribution >= 0.6 is 0 Å². The van der Waals surface area contributed by atoms with Crippen LogP contribution in [0.4, 0.5) is 0 Å². The average molecular weight is 281 g/mol. The molecule has 2 aromatic rings. The zero-order valence-corrected chi connectivity index (χ0v) is 12.5. The van der Waals surface area contributed by atoms with E-state index in [0.29, 0.717) is 6.04 Å². The van der Waals surface area contributed by atoms with Crippen LogP contribution in [0.15, 0.2) is 36.5 Å². The highest BCUT2D eigenvalue weighted by atomic mass is 15.3. The molecule has 0 aliphatic heterocycles. The van der Waals surface area contributed by atoms with E-state index < -0.39 is 0 Å². The molecule has 3 heteroatoms. The molecule has 0 spiro atoms. The summed E-state index contributed by atoms with van der Waals surface area (Å²) in [6, 6.07) is 12.1. The van der Waals surface area contributed by atoms with Gasteiger partial charge in [-0.2, -0.15) is 5.10 Å². The lowest BCUT2D eigenvalue weighted by Gasteiger charge is -2.16. The molecular formula is C18H23N3. The molecule has 1 aromatic heterocycles. The predicted molar refractivity (Wildman–Crippen MR) is 85.0 cm³/mol. The minimum atomic E-state index is 0.592. The molecule has 0 atom stereocenters. The first kappa shape index (κ1) is 13.1. The molecule has 2 saturated carbocycles. The smallest absolute Gasteiger partial charge is 0.0730 e. The van der Waals surface area contributed by atoms with Crippen LogP contribution in [0.25, 0.3) is 11.3 Å². The second kappa shape index (κ2) is 5.64. The molecule has 110 valence electrons. The Kier molecular flexibility index (Phi) is 3.52. The standard InChI is InChI=1S/C18H23N3/c1-2-6-14(7-3-1)18-15(12-19-16-10-11-16)13-20-21(18)17-8-4-5-9-17/h1-3,6-7,13,16-17,19H,4-5,8-12H2. The molecule has 4 rings (SSSR count). The first-order chi connectivity index (χ1) is 10.4. The summed E-state index contributed by atoms with van der Waals surface area (Å²) in [5, 5.41) is 8.38. The molecule has 1 heterocycles. The van der Waals surface area contributed by atoms with E-state index >= 15 is 0 Å². The summed E-state index contributed by atoms with van der Waals surface area (Å²) in [7, 11) is 0. The summed E-state index contributed by atoms with van der Waals surface area (Å²) < 4.78 is 2.30. The minimum absolute atomic E-state index is 0.592. The number of hydrogen-bond acceptors (Lipinski definition) is 2. The number of aromatic nitrogens is 2. The van der Waals surface area contributed by atoms with Crippen molar-refractivity contribution in [2.75, 3.05) is 0 Å². The summed E-state index contributed by atoms with van der Waals surface area (Å²) in [5.41, 5.74) is 3.98. The van der Waals surface area contributed by atoms with Gasteiger partial charge in [-0.05, 0) is 25.7 Å². The molecule has 0 amide bonds. The predicted octanol–water partition coefficient (Wildman–Crippen LogP) is 3.92. The van der Waals surface area contributed by atoms with Gasteiger partial charge in [0.15, 0.2) is 0 Å². The fourth-order valence-corrected chi connectivity index (χ4v) is 3.41. The fraction of sp³-hybridized carbons (Fsp3) is 0.500. The topological polar surface area (TPSA) is 29.9 Å². The van der Waals surface area contributed by atoms with Crippen molar-refractivity contribution in [3.63, 3.8) is 0 Å². The first-order valence-electron chi connectivity index (χ1n) is 8.27. The SMILES string of the molecule is c1ccc(-c2c(CNC3CC3)cnn2C2CCCC2)cc1. The maximum absolute atomic E-state index is 4.75. The highest BCUT2D eigenvalue weighted by molar-refractivity contribution is 5.63. The fourth-order valence-electron chi connectivity index (χ4n) is 3.41. The Balaban J connectivity index is 1.69. The van der Waals surface area contributed by atoms with Crippen LogP contribution in [0.3, 0.4) is 0 Å². The summed E-state index contributed by atoms with van der Waals surface area (Å²) in [4.78, 5) is 0. The van der Waals surface area contributed by atoms with E-state index in [1.165, 1.54) is 55.3 Å². The van der Waals surface area contributed by atoms with Gasteiger partial charge in [-0.1, -0.05) is 43.2 Å². The lowest BCUT2D eigenvalue weighted by atomic mass is 10.1. The molecule has 1 aromatic carbocycles. The average Bonchev–Trinajstić information content (AvgIpc) is 3.03. The monoisotopic (exact) mass is 281 g/mol. The second-order valence-corrected chi connectivity index (χ2v) is 6.42. The van der Waals surface area contributed by atoms with Crippen molar-refractivity contribution in [2.45, 2.75) is 57.2 Å². The van der Waals surface area contributed by atoms with Crippen LogP contribution in [0.5, 0.6) is 0 Å². The third kappa shape index (κ3) is 2.75. The third-order valence-electron chi connectivity index (χ3n) is 4.75. The zero-order valence-electron chi connectivity index (χ0n) is 12.5. The Bertz CT molecular complexity index is 592. The van der Waals surface area contributed by atoms with Crippen molar-refractivity contribution in [3.8, 4) is 11.3 Å². The van der Waals surface area contributed by atoms with Crippen molar-refractivity contribution in [3.05, 3.63) is 42.1 Å². The second-order valence-electron chi connectivity index (χ2n) is 6.42. The normalized spacial score (nSPS) is 19.2. The number of hydrogen-bond donors (Lipinski definition) is 1. The number of nitrogens with zero attached hydrogens (tertiary/aromatic N) is 2. The molecule has 2 aliphatic carbocycles. The largest absolute Gasteiger partial charge is 0.310 e. The molecule has 2 fully saturated rings. The van der Waals surface area contributed by atoms with Crippen LogP contribution in [-0.4, -0.2) is 15.8 Å². The Labute approximate surface area is 126 Å². The third-order valence-corrected chi connectivity index (χ3v) is 4.75. The van der Waals surface area contributed by atoms with E-state index in [9.17, 15) is 0 Å². The van der Waals surface area contributed by atoms with Crippen LogP contribution in [0.2, 0.25) is 0 Å². The molecule has 0 unspecified atom stereocenters. The quantitative estimate of drug-likeness (QED) is 0.900. The summed E-state index contributed by atoms with van der Waals surface area (Å²) in [5.74, 6) is 0. The summed E-state index contributed by atoms with van der Waals surface area (Å²) in [6.07, 6.45) is 9.97. The van der Waals surface area contributed by atoms with Crippen LogP contribution < -0.4 is 5.32 Å². The molecule has 3 nitrogen and oxygen atoms in total. The van der Waals surface area contributed by atoms with Gasteiger partial charge in [-0.3, -0.25) is 4.68 Å².